The van der Waals surface area contributed by atoms with Crippen LogP contribution in [0.4, 0.5) is 0 Å². The van der Waals surface area contributed by atoms with Crippen LogP contribution in [0.15, 0.2) is 0 Å². The summed E-state index contributed by atoms with van der Waals surface area (Å²) in [5.41, 5.74) is 1.58. The van der Waals surface area contributed by atoms with E-state index in [2.05, 4.69) is 10.3 Å². The number of likely N-dealkylation sites (N-methyl/N-ethyl adjacent to an activating group) is 1. The first-order valence-corrected chi connectivity index (χ1v) is 8.22. The SMILES string of the molecule is COC(=O)c1c(C)[nH]c(C(=O)C(C)N(C)CC(=O)NC(C)(C)C)c1C. The van der Waals surface area contributed by atoms with E-state index in [-0.39, 0.29) is 23.8 Å². The molecule has 2 N–H and O–H groups in total. The summed E-state index contributed by atoms with van der Waals surface area (Å²) in [6, 6.07) is -0.520. The van der Waals surface area contributed by atoms with Gasteiger partial charge in [-0.3, -0.25) is 14.5 Å². The number of nitrogens with one attached hydrogen (secondary N) is 2. The smallest absolute Gasteiger partial charge is 0.339 e. The predicted molar refractivity (Wildman–Crippen MR) is 95.9 cm³/mol. The Morgan fingerprint density at radius 3 is 2.28 bits per heavy atom. The van der Waals surface area contributed by atoms with Gasteiger partial charge in [0.15, 0.2) is 5.78 Å². The zero-order chi connectivity index (χ0) is 19.5. The van der Waals surface area contributed by atoms with Crippen molar-refractivity contribution in [2.24, 2.45) is 0 Å². The third-order valence-electron chi connectivity index (χ3n) is 4.02. The number of esters is 1. The maximum absolute atomic E-state index is 12.8. The van der Waals surface area contributed by atoms with Gasteiger partial charge in [0.25, 0.3) is 0 Å². The first-order valence-electron chi connectivity index (χ1n) is 8.22. The maximum Gasteiger partial charge on any atom is 0.339 e. The topological polar surface area (TPSA) is 91.5 Å². The van der Waals surface area contributed by atoms with E-state index in [1.54, 1.807) is 32.7 Å². The Kier molecular flexibility index (Phi) is 6.54. The molecule has 0 aliphatic heterocycles. The van der Waals surface area contributed by atoms with Crippen LogP contribution in [0.5, 0.6) is 0 Å². The number of rotatable bonds is 6. The number of ether oxygens (including phenoxy) is 1. The van der Waals surface area contributed by atoms with Crippen LogP contribution in [-0.4, -0.2) is 59.8 Å². The highest BCUT2D eigenvalue weighted by molar-refractivity contribution is 6.03. The number of hydrogen-bond donors (Lipinski definition) is 2. The molecule has 1 aromatic heterocycles. The zero-order valence-corrected chi connectivity index (χ0v) is 16.4. The summed E-state index contributed by atoms with van der Waals surface area (Å²) < 4.78 is 4.76. The molecule has 1 unspecified atom stereocenters. The molecule has 0 bridgehead atoms. The number of aromatic amines is 1. The highest BCUT2D eigenvalue weighted by atomic mass is 16.5. The average molecular weight is 351 g/mol. The number of Topliss-reactive ketones (excluding diaryl/α,β-unsaturated/α-hetero) is 1. The normalized spacial score (nSPS) is 12.8. The van der Waals surface area contributed by atoms with Gasteiger partial charge in [-0.05, 0) is 54.2 Å². The van der Waals surface area contributed by atoms with E-state index in [1.165, 1.54) is 7.11 Å². The Balaban J connectivity index is 2.93. The monoisotopic (exact) mass is 351 g/mol. The van der Waals surface area contributed by atoms with Crippen LogP contribution >= 0.6 is 0 Å². The summed E-state index contributed by atoms with van der Waals surface area (Å²) in [7, 11) is 3.02. The van der Waals surface area contributed by atoms with Crippen molar-refractivity contribution in [1.82, 2.24) is 15.2 Å². The first-order chi connectivity index (χ1) is 11.4. The number of amides is 1. The molecule has 7 heteroatoms. The van der Waals surface area contributed by atoms with Gasteiger partial charge in [0.1, 0.15) is 0 Å². The Hall–Kier alpha value is -2.15. The molecule has 140 valence electrons. The van der Waals surface area contributed by atoms with Gasteiger partial charge in [-0.1, -0.05) is 0 Å². The van der Waals surface area contributed by atoms with Crippen LogP contribution in [-0.2, 0) is 9.53 Å². The van der Waals surface area contributed by atoms with Crippen LogP contribution in [0.3, 0.4) is 0 Å². The number of hydrogen-bond acceptors (Lipinski definition) is 5. The first kappa shape index (κ1) is 20.9. The Labute approximate surface area is 149 Å². The zero-order valence-electron chi connectivity index (χ0n) is 16.4. The van der Waals surface area contributed by atoms with E-state index >= 15 is 0 Å². The van der Waals surface area contributed by atoms with Gasteiger partial charge in [0.2, 0.25) is 5.91 Å². The summed E-state index contributed by atoms with van der Waals surface area (Å²) in [4.78, 5) is 41.4. The van der Waals surface area contributed by atoms with E-state index in [1.807, 2.05) is 20.8 Å². The second-order valence-corrected chi connectivity index (χ2v) is 7.37. The second-order valence-electron chi connectivity index (χ2n) is 7.37. The lowest BCUT2D eigenvalue weighted by atomic mass is 10.0. The summed E-state index contributed by atoms with van der Waals surface area (Å²) in [5.74, 6) is -0.804. The van der Waals surface area contributed by atoms with Gasteiger partial charge in [-0.25, -0.2) is 4.79 Å². The highest BCUT2D eigenvalue weighted by Crippen LogP contribution is 2.21. The molecule has 0 radical (unpaired) electrons. The molecule has 1 rings (SSSR count). The molecule has 1 amide bonds. The van der Waals surface area contributed by atoms with Crippen LogP contribution in [0.1, 0.15) is 59.8 Å². The third-order valence-corrected chi connectivity index (χ3v) is 4.02. The fourth-order valence-corrected chi connectivity index (χ4v) is 2.63. The fourth-order valence-electron chi connectivity index (χ4n) is 2.63. The van der Waals surface area contributed by atoms with Gasteiger partial charge in [-0.15, -0.1) is 0 Å². The molecule has 0 aliphatic carbocycles. The molecular formula is C18H29N3O4. The minimum atomic E-state index is -0.520. The number of carbonyl (C=O) groups excluding carboxylic acids is 3. The van der Waals surface area contributed by atoms with E-state index < -0.39 is 12.0 Å². The molecule has 0 saturated heterocycles. The van der Waals surface area contributed by atoms with E-state index in [4.69, 9.17) is 4.74 Å². The number of H-pyrrole nitrogens is 1. The van der Waals surface area contributed by atoms with E-state index in [9.17, 15) is 14.4 Å². The van der Waals surface area contributed by atoms with E-state index in [0.717, 1.165) is 0 Å². The molecule has 1 aromatic rings. The molecular weight excluding hydrogens is 322 g/mol. The van der Waals surface area contributed by atoms with Crippen LogP contribution in [0, 0.1) is 13.8 Å². The van der Waals surface area contributed by atoms with Gasteiger partial charge in [-0.2, -0.15) is 0 Å². The summed E-state index contributed by atoms with van der Waals surface area (Å²) in [6.07, 6.45) is 0. The number of nitrogens with zero attached hydrogens (tertiary/aromatic N) is 1. The van der Waals surface area contributed by atoms with Crippen molar-refractivity contribution in [3.05, 3.63) is 22.5 Å². The number of carbonyl (C=O) groups is 3. The summed E-state index contributed by atoms with van der Waals surface area (Å²) >= 11 is 0. The third kappa shape index (κ3) is 5.16. The summed E-state index contributed by atoms with van der Waals surface area (Å²) in [5, 5.41) is 2.87. The molecule has 0 aromatic carbocycles. The van der Waals surface area contributed by atoms with Gasteiger partial charge in [0, 0.05) is 11.2 Å². The van der Waals surface area contributed by atoms with Crippen molar-refractivity contribution in [3.8, 4) is 0 Å². The minimum Gasteiger partial charge on any atom is -0.465 e. The molecule has 1 heterocycles. The number of methoxy groups -OCH3 is 1. The molecule has 0 aliphatic rings. The molecule has 7 nitrogen and oxygen atoms in total. The average Bonchev–Trinajstić information content (AvgIpc) is 2.77. The van der Waals surface area contributed by atoms with Gasteiger partial charge in [0.05, 0.1) is 31.0 Å². The Morgan fingerprint density at radius 1 is 1.24 bits per heavy atom. The van der Waals surface area contributed by atoms with Crippen LogP contribution in [0.25, 0.3) is 0 Å². The van der Waals surface area contributed by atoms with Crippen LogP contribution < -0.4 is 5.32 Å². The molecule has 0 fully saturated rings. The molecule has 0 spiro atoms. The lowest BCUT2D eigenvalue weighted by Gasteiger charge is -2.26. The lowest BCUT2D eigenvalue weighted by Crippen LogP contribution is -2.48. The van der Waals surface area contributed by atoms with Gasteiger partial charge >= 0.3 is 5.97 Å². The Bertz CT molecular complexity index is 671. The fraction of sp³-hybridized carbons (Fsp3) is 0.611. The minimum absolute atomic E-state index is 0.104. The number of aromatic nitrogens is 1. The Morgan fingerprint density at radius 2 is 1.80 bits per heavy atom. The maximum atomic E-state index is 12.8. The molecule has 1 atom stereocenters. The highest BCUT2D eigenvalue weighted by Gasteiger charge is 2.28. The summed E-state index contributed by atoms with van der Waals surface area (Å²) in [6.45, 7) is 11.0. The van der Waals surface area contributed by atoms with Gasteiger partial charge < -0.3 is 15.0 Å². The molecule has 25 heavy (non-hydrogen) atoms. The van der Waals surface area contributed by atoms with Crippen molar-refractivity contribution in [2.45, 2.75) is 53.1 Å². The van der Waals surface area contributed by atoms with Crippen LogP contribution in [0.2, 0.25) is 0 Å². The quantitative estimate of drug-likeness (QED) is 0.603. The van der Waals surface area contributed by atoms with Crippen molar-refractivity contribution < 1.29 is 19.1 Å². The second kappa shape index (κ2) is 7.82. The van der Waals surface area contributed by atoms with Crippen molar-refractivity contribution in [1.29, 1.82) is 0 Å². The predicted octanol–water partition coefficient (Wildman–Crippen LogP) is 1.84. The lowest BCUT2D eigenvalue weighted by molar-refractivity contribution is -0.123. The number of aryl methyl sites for hydroxylation is 1. The van der Waals surface area contributed by atoms with Crippen molar-refractivity contribution in [2.75, 3.05) is 20.7 Å². The van der Waals surface area contributed by atoms with E-state index in [0.29, 0.717) is 22.5 Å². The standard InChI is InChI=1S/C18H29N3O4/c1-10-14(17(24)25-8)11(2)19-15(10)16(23)12(3)21(7)9-13(22)20-18(4,5)6/h12,19H,9H2,1-8H3,(H,20,22). The molecule has 0 saturated carbocycles. The largest absolute Gasteiger partial charge is 0.465 e. The van der Waals surface area contributed by atoms with Crippen molar-refractivity contribution >= 4 is 17.7 Å². The van der Waals surface area contributed by atoms with Crippen molar-refractivity contribution in [3.63, 3.8) is 0 Å². The number of ketones is 1.